The van der Waals surface area contributed by atoms with Crippen molar-refractivity contribution in [3.05, 3.63) is 102 Å². The number of rotatable bonds is 5. The number of fused-ring (bicyclic) bond motifs is 1. The standard InChI is InChI=1S/C46H44N4/c47-27-28-1-2-38-20-39(4-3-37(38)19-28)44-49-42(35-5-9-40(10-6-35)45-21-29-13-30(22-45)15-31(14-29)23-45)48-43(50-44)36-7-11-41(12-8-36)46-24-32-16-33(25-46)18-34(17-32)26-46/h1-12,19-20,29-34H,13-18,21-26H2/t29-,30+,31-,32-,33+,34-,45?,46?. The summed E-state index contributed by atoms with van der Waals surface area (Å²) in [5, 5.41) is 11.5. The first-order valence-corrected chi connectivity index (χ1v) is 19.4. The van der Waals surface area contributed by atoms with Crippen LogP contribution in [0, 0.1) is 46.8 Å². The predicted octanol–water partition coefficient (Wildman–Crippen LogP) is 10.8. The molecule has 0 N–H and O–H groups in total. The smallest absolute Gasteiger partial charge is 0.164 e. The zero-order valence-electron chi connectivity index (χ0n) is 28.8. The number of nitrogens with zero attached hydrogens (tertiary/aromatic N) is 4. The molecule has 8 aliphatic rings. The number of nitriles is 1. The van der Waals surface area contributed by atoms with Crippen molar-refractivity contribution < 1.29 is 0 Å². The fraction of sp³-hybridized carbons (Fsp3) is 0.435. The average molecular weight is 653 g/mol. The predicted molar refractivity (Wildman–Crippen MR) is 198 cm³/mol. The highest BCUT2D eigenvalue weighted by atomic mass is 15.0. The second-order valence-corrected chi connectivity index (χ2v) is 17.7. The SMILES string of the molecule is N#Cc1ccc2cc(-c3nc(-c4ccc(C56C[C@H]7C[C@@H](C5)C[C@@H](C6)C7)cc4)nc(-c4ccc(C56C[C@H]7C[C@@H](C5)C[C@@H](C6)C7)cc4)n3)ccc2c1. The van der Waals surface area contributed by atoms with E-state index >= 15 is 0 Å². The van der Waals surface area contributed by atoms with E-state index in [0.717, 1.165) is 74.6 Å². The van der Waals surface area contributed by atoms with Crippen LogP contribution in [0.5, 0.6) is 0 Å². The number of aromatic nitrogens is 3. The summed E-state index contributed by atoms with van der Waals surface area (Å²) in [6.45, 7) is 0. The molecule has 1 heterocycles. The second-order valence-electron chi connectivity index (χ2n) is 17.7. The van der Waals surface area contributed by atoms with Gasteiger partial charge in [0.15, 0.2) is 17.5 Å². The highest BCUT2D eigenvalue weighted by Crippen LogP contribution is 2.62. The van der Waals surface area contributed by atoms with Crippen LogP contribution >= 0.6 is 0 Å². The molecular formula is C46H44N4. The largest absolute Gasteiger partial charge is 0.208 e. The van der Waals surface area contributed by atoms with Gasteiger partial charge in [-0.3, -0.25) is 0 Å². The molecule has 8 saturated carbocycles. The molecule has 4 nitrogen and oxygen atoms in total. The minimum atomic E-state index is 0.373. The van der Waals surface area contributed by atoms with Crippen molar-refractivity contribution in [2.24, 2.45) is 35.5 Å². The van der Waals surface area contributed by atoms with Crippen LogP contribution in [-0.2, 0) is 10.8 Å². The van der Waals surface area contributed by atoms with Gasteiger partial charge in [-0.1, -0.05) is 66.7 Å². The Morgan fingerprint density at radius 1 is 0.440 bits per heavy atom. The Labute approximate surface area is 295 Å². The van der Waals surface area contributed by atoms with E-state index < -0.39 is 0 Å². The molecule has 8 fully saturated rings. The van der Waals surface area contributed by atoms with Crippen LogP contribution in [-0.4, -0.2) is 15.0 Å². The van der Waals surface area contributed by atoms with E-state index in [0.29, 0.717) is 22.2 Å². The summed E-state index contributed by atoms with van der Waals surface area (Å²) in [4.78, 5) is 15.4. The fourth-order valence-corrected chi connectivity index (χ4v) is 13.1. The molecule has 5 aromatic rings. The van der Waals surface area contributed by atoms with Crippen LogP contribution in [0.1, 0.15) is 93.7 Å². The van der Waals surface area contributed by atoms with Gasteiger partial charge in [0.1, 0.15) is 0 Å². The quantitative estimate of drug-likeness (QED) is 0.190. The molecule has 4 heteroatoms. The molecular weight excluding hydrogens is 609 g/mol. The van der Waals surface area contributed by atoms with Gasteiger partial charge in [-0.05, 0) is 163 Å². The minimum absolute atomic E-state index is 0.373. The van der Waals surface area contributed by atoms with Crippen molar-refractivity contribution in [3.8, 4) is 40.2 Å². The zero-order chi connectivity index (χ0) is 33.0. The van der Waals surface area contributed by atoms with Gasteiger partial charge in [-0.2, -0.15) is 5.26 Å². The molecule has 8 bridgehead atoms. The number of hydrogen-bond donors (Lipinski definition) is 0. The maximum atomic E-state index is 9.42. The molecule has 50 heavy (non-hydrogen) atoms. The third kappa shape index (κ3) is 4.72. The Morgan fingerprint density at radius 2 is 0.800 bits per heavy atom. The lowest BCUT2D eigenvalue weighted by atomic mass is 9.48. The maximum Gasteiger partial charge on any atom is 0.164 e. The van der Waals surface area contributed by atoms with Crippen LogP contribution in [0.4, 0.5) is 0 Å². The molecule has 13 rings (SSSR count). The molecule has 0 spiro atoms. The van der Waals surface area contributed by atoms with E-state index in [9.17, 15) is 5.26 Å². The van der Waals surface area contributed by atoms with Gasteiger partial charge in [0, 0.05) is 16.7 Å². The van der Waals surface area contributed by atoms with E-state index in [2.05, 4.69) is 72.8 Å². The van der Waals surface area contributed by atoms with Crippen LogP contribution in [0.25, 0.3) is 44.9 Å². The molecule has 0 atom stereocenters. The Morgan fingerprint density at radius 3 is 1.22 bits per heavy atom. The molecule has 248 valence electrons. The molecule has 0 aliphatic heterocycles. The van der Waals surface area contributed by atoms with Crippen LogP contribution in [0.3, 0.4) is 0 Å². The Bertz CT molecular complexity index is 2010. The number of benzene rings is 4. The second kappa shape index (κ2) is 10.8. The Kier molecular flexibility index (Phi) is 6.36. The van der Waals surface area contributed by atoms with E-state index in [4.69, 9.17) is 15.0 Å². The molecule has 0 amide bonds. The summed E-state index contributed by atoms with van der Waals surface area (Å²) in [6.07, 6.45) is 17.0. The average Bonchev–Trinajstić information content (AvgIpc) is 3.13. The highest BCUT2D eigenvalue weighted by molar-refractivity contribution is 5.87. The first-order valence-electron chi connectivity index (χ1n) is 19.4. The van der Waals surface area contributed by atoms with Crippen molar-refractivity contribution in [3.63, 3.8) is 0 Å². The topological polar surface area (TPSA) is 62.5 Å². The minimum Gasteiger partial charge on any atom is -0.208 e. The van der Waals surface area contributed by atoms with Crippen LogP contribution in [0.2, 0.25) is 0 Å². The van der Waals surface area contributed by atoms with Crippen molar-refractivity contribution in [2.75, 3.05) is 0 Å². The van der Waals surface area contributed by atoms with E-state index in [-0.39, 0.29) is 0 Å². The summed E-state index contributed by atoms with van der Waals surface area (Å²) in [7, 11) is 0. The molecule has 8 aliphatic carbocycles. The van der Waals surface area contributed by atoms with Crippen LogP contribution in [0.15, 0.2) is 84.9 Å². The first-order chi connectivity index (χ1) is 24.5. The highest BCUT2D eigenvalue weighted by Gasteiger charge is 2.52. The van der Waals surface area contributed by atoms with Gasteiger partial charge in [0.25, 0.3) is 0 Å². The third-order valence-corrected chi connectivity index (χ3v) is 14.5. The summed E-state index contributed by atoms with van der Waals surface area (Å²) in [5.41, 5.74) is 7.53. The fourth-order valence-electron chi connectivity index (χ4n) is 13.1. The molecule has 0 saturated heterocycles. The van der Waals surface area contributed by atoms with Gasteiger partial charge in [-0.25, -0.2) is 15.0 Å². The lowest BCUT2D eigenvalue weighted by Crippen LogP contribution is -2.48. The van der Waals surface area contributed by atoms with Crippen molar-refractivity contribution >= 4 is 10.8 Å². The Hall–Kier alpha value is -4.36. The lowest BCUT2D eigenvalue weighted by molar-refractivity contribution is -0.00530. The van der Waals surface area contributed by atoms with Gasteiger partial charge in [0.05, 0.1) is 11.6 Å². The number of hydrogen-bond acceptors (Lipinski definition) is 4. The first kappa shape index (κ1) is 29.4. The van der Waals surface area contributed by atoms with E-state index in [1.54, 1.807) is 0 Å². The van der Waals surface area contributed by atoms with Gasteiger partial charge in [0.2, 0.25) is 0 Å². The molecule has 1 aromatic heterocycles. The summed E-state index contributed by atoms with van der Waals surface area (Å²) >= 11 is 0. The van der Waals surface area contributed by atoms with Crippen molar-refractivity contribution in [1.82, 2.24) is 15.0 Å². The monoisotopic (exact) mass is 652 g/mol. The summed E-state index contributed by atoms with van der Waals surface area (Å²) in [5.74, 6) is 7.71. The third-order valence-electron chi connectivity index (χ3n) is 14.5. The summed E-state index contributed by atoms with van der Waals surface area (Å²) < 4.78 is 0. The van der Waals surface area contributed by atoms with Crippen molar-refractivity contribution in [1.29, 1.82) is 5.26 Å². The van der Waals surface area contributed by atoms with Crippen LogP contribution < -0.4 is 0 Å². The van der Waals surface area contributed by atoms with Gasteiger partial charge < -0.3 is 0 Å². The molecule has 4 aromatic carbocycles. The normalized spacial score (nSPS) is 33.2. The molecule has 0 radical (unpaired) electrons. The summed E-state index contributed by atoms with van der Waals surface area (Å²) in [6, 6.07) is 33.1. The lowest BCUT2D eigenvalue weighted by Gasteiger charge is -2.57. The zero-order valence-corrected chi connectivity index (χ0v) is 28.8. The van der Waals surface area contributed by atoms with Crippen molar-refractivity contribution in [2.45, 2.75) is 87.9 Å². The van der Waals surface area contributed by atoms with E-state index in [1.165, 1.54) is 88.2 Å². The van der Waals surface area contributed by atoms with E-state index in [1.807, 2.05) is 18.2 Å². The maximum absolute atomic E-state index is 9.42. The Balaban J connectivity index is 0.974. The molecule has 0 unspecified atom stereocenters. The van der Waals surface area contributed by atoms with Gasteiger partial charge in [-0.15, -0.1) is 0 Å². The van der Waals surface area contributed by atoms with Gasteiger partial charge >= 0.3 is 0 Å².